The number of hydrogen-bond donors (Lipinski definition) is 0. The number of likely N-dealkylation sites (N-methyl/N-ethyl adjacent to an activating group) is 1. The lowest BCUT2D eigenvalue weighted by molar-refractivity contribution is -0.150. The van der Waals surface area contributed by atoms with Crippen molar-refractivity contribution in [2.75, 3.05) is 26.7 Å². The van der Waals surface area contributed by atoms with Crippen LogP contribution in [0.5, 0.6) is 0 Å². The topological polar surface area (TPSA) is 57.7 Å². The highest BCUT2D eigenvalue weighted by atomic mass is 19.1. The molecule has 6 heteroatoms. The van der Waals surface area contributed by atoms with Crippen molar-refractivity contribution in [3.8, 4) is 0 Å². The molecular weight excluding hydrogens is 263 g/mol. The lowest BCUT2D eigenvalue weighted by Gasteiger charge is -2.31. The summed E-state index contributed by atoms with van der Waals surface area (Å²) >= 11 is 0. The third kappa shape index (κ3) is 3.20. The molecule has 0 spiro atoms. The second-order valence-corrected chi connectivity index (χ2v) is 4.81. The van der Waals surface area contributed by atoms with Crippen LogP contribution in [0, 0.1) is 5.82 Å². The van der Waals surface area contributed by atoms with Crippen molar-refractivity contribution < 1.29 is 18.8 Å². The molecule has 106 valence electrons. The van der Waals surface area contributed by atoms with E-state index in [0.29, 0.717) is 5.56 Å². The summed E-state index contributed by atoms with van der Waals surface area (Å²) in [6, 6.07) is 6.01. The molecular formula is C14H15FN2O3. The Morgan fingerprint density at radius 1 is 1.20 bits per heavy atom. The first-order chi connectivity index (χ1) is 9.47. The minimum absolute atomic E-state index is 0.0220. The van der Waals surface area contributed by atoms with Gasteiger partial charge in [0.05, 0.1) is 13.1 Å². The van der Waals surface area contributed by atoms with Crippen molar-refractivity contribution in [2.24, 2.45) is 0 Å². The molecule has 1 aliphatic rings. The van der Waals surface area contributed by atoms with Crippen LogP contribution in [0.4, 0.5) is 4.39 Å². The van der Waals surface area contributed by atoms with Crippen LogP contribution in [0.15, 0.2) is 24.3 Å². The molecule has 0 aliphatic carbocycles. The third-order valence-corrected chi connectivity index (χ3v) is 3.19. The number of rotatable bonds is 4. The van der Waals surface area contributed by atoms with Gasteiger partial charge in [-0.15, -0.1) is 0 Å². The zero-order chi connectivity index (χ0) is 14.7. The Labute approximate surface area is 116 Å². The highest BCUT2D eigenvalue weighted by molar-refractivity contribution is 5.95. The number of hydrogen-bond acceptors (Lipinski definition) is 3. The summed E-state index contributed by atoms with van der Waals surface area (Å²) in [6.07, 6.45) is -0.0829. The van der Waals surface area contributed by atoms with Gasteiger partial charge in [-0.05, 0) is 11.6 Å². The van der Waals surface area contributed by atoms with E-state index in [1.807, 2.05) is 0 Å². The first-order valence-corrected chi connectivity index (χ1v) is 6.24. The molecule has 1 heterocycles. The van der Waals surface area contributed by atoms with Crippen LogP contribution >= 0.6 is 0 Å². The molecule has 2 amide bonds. The second kappa shape index (κ2) is 5.81. The summed E-state index contributed by atoms with van der Waals surface area (Å²) in [5.74, 6) is -1.21. The zero-order valence-corrected chi connectivity index (χ0v) is 11.1. The number of carbonyl (C=O) groups excluding carboxylic acids is 3. The van der Waals surface area contributed by atoms with E-state index in [2.05, 4.69) is 0 Å². The summed E-state index contributed by atoms with van der Waals surface area (Å²) in [4.78, 5) is 37.6. The standard InChI is InChI=1S/C14H15FN2O3/c1-16-8-14(20)17(9-13(16)19)7-11(18)6-10-4-2-3-5-12(10)15/h2-5H,6-9H2,1H3. The Morgan fingerprint density at radius 3 is 2.60 bits per heavy atom. The molecule has 0 bridgehead atoms. The van der Waals surface area contributed by atoms with E-state index in [-0.39, 0.29) is 43.7 Å². The van der Waals surface area contributed by atoms with E-state index in [1.165, 1.54) is 21.9 Å². The number of piperazine rings is 1. The van der Waals surface area contributed by atoms with Crippen LogP contribution in [0.3, 0.4) is 0 Å². The van der Waals surface area contributed by atoms with Gasteiger partial charge in [-0.3, -0.25) is 14.4 Å². The normalized spacial score (nSPS) is 15.7. The Bertz CT molecular complexity index is 559. The smallest absolute Gasteiger partial charge is 0.243 e. The summed E-state index contributed by atoms with van der Waals surface area (Å²) in [5.41, 5.74) is 0.297. The molecule has 0 radical (unpaired) electrons. The largest absolute Gasteiger partial charge is 0.335 e. The van der Waals surface area contributed by atoms with Crippen LogP contribution < -0.4 is 0 Å². The number of Topliss-reactive ketones (excluding diaryl/α,β-unsaturated/α-hetero) is 1. The molecule has 0 unspecified atom stereocenters. The maximum absolute atomic E-state index is 13.4. The van der Waals surface area contributed by atoms with Gasteiger partial charge < -0.3 is 9.80 Å². The summed E-state index contributed by atoms with van der Waals surface area (Å²) < 4.78 is 13.4. The summed E-state index contributed by atoms with van der Waals surface area (Å²) in [7, 11) is 1.54. The van der Waals surface area contributed by atoms with Crippen molar-refractivity contribution in [1.82, 2.24) is 9.80 Å². The van der Waals surface area contributed by atoms with Crippen LogP contribution in [0.25, 0.3) is 0 Å². The SMILES string of the molecule is CN1CC(=O)N(CC(=O)Cc2ccccc2F)CC1=O. The van der Waals surface area contributed by atoms with E-state index in [9.17, 15) is 18.8 Å². The average molecular weight is 278 g/mol. The van der Waals surface area contributed by atoms with Gasteiger partial charge in [0.25, 0.3) is 0 Å². The molecule has 0 saturated carbocycles. The van der Waals surface area contributed by atoms with Gasteiger partial charge in [0.2, 0.25) is 11.8 Å². The fraction of sp³-hybridized carbons (Fsp3) is 0.357. The summed E-state index contributed by atoms with van der Waals surface area (Å²) in [6.45, 7) is -0.281. The molecule has 1 aromatic carbocycles. The van der Waals surface area contributed by atoms with E-state index in [0.717, 1.165) is 0 Å². The molecule has 1 fully saturated rings. The van der Waals surface area contributed by atoms with Gasteiger partial charge in [-0.2, -0.15) is 0 Å². The fourth-order valence-corrected chi connectivity index (χ4v) is 2.03. The molecule has 20 heavy (non-hydrogen) atoms. The number of ketones is 1. The van der Waals surface area contributed by atoms with Crippen molar-refractivity contribution in [1.29, 1.82) is 0 Å². The highest BCUT2D eigenvalue weighted by Crippen LogP contribution is 2.09. The molecule has 5 nitrogen and oxygen atoms in total. The lowest BCUT2D eigenvalue weighted by Crippen LogP contribution is -2.53. The Kier molecular flexibility index (Phi) is 4.12. The predicted molar refractivity (Wildman–Crippen MR) is 69.3 cm³/mol. The molecule has 0 aromatic heterocycles. The van der Waals surface area contributed by atoms with E-state index in [4.69, 9.17) is 0 Å². The minimum Gasteiger partial charge on any atom is -0.335 e. The maximum Gasteiger partial charge on any atom is 0.243 e. The highest BCUT2D eigenvalue weighted by Gasteiger charge is 2.28. The molecule has 1 aromatic rings. The first kappa shape index (κ1) is 14.2. The third-order valence-electron chi connectivity index (χ3n) is 3.19. The number of carbonyl (C=O) groups is 3. The minimum atomic E-state index is -0.443. The van der Waals surface area contributed by atoms with Gasteiger partial charge in [-0.1, -0.05) is 18.2 Å². The quantitative estimate of drug-likeness (QED) is 0.792. The Morgan fingerprint density at radius 2 is 1.90 bits per heavy atom. The van der Waals surface area contributed by atoms with Gasteiger partial charge >= 0.3 is 0 Å². The van der Waals surface area contributed by atoms with E-state index in [1.54, 1.807) is 19.2 Å². The van der Waals surface area contributed by atoms with Gasteiger partial charge in [0.15, 0.2) is 5.78 Å². The van der Waals surface area contributed by atoms with Crippen LogP contribution in [0.1, 0.15) is 5.56 Å². The number of halogens is 1. The van der Waals surface area contributed by atoms with Gasteiger partial charge in [0, 0.05) is 13.5 Å². The Balaban J connectivity index is 1.96. The van der Waals surface area contributed by atoms with Crippen LogP contribution in [-0.2, 0) is 20.8 Å². The van der Waals surface area contributed by atoms with E-state index < -0.39 is 5.82 Å². The van der Waals surface area contributed by atoms with Crippen molar-refractivity contribution in [3.63, 3.8) is 0 Å². The molecule has 1 aliphatic heterocycles. The van der Waals surface area contributed by atoms with Crippen LogP contribution in [-0.4, -0.2) is 54.1 Å². The molecule has 2 rings (SSSR count). The number of nitrogens with zero attached hydrogens (tertiary/aromatic N) is 2. The molecule has 0 N–H and O–H groups in total. The van der Waals surface area contributed by atoms with Crippen molar-refractivity contribution in [3.05, 3.63) is 35.6 Å². The van der Waals surface area contributed by atoms with Crippen molar-refractivity contribution in [2.45, 2.75) is 6.42 Å². The number of benzene rings is 1. The molecule has 1 saturated heterocycles. The zero-order valence-electron chi connectivity index (χ0n) is 11.1. The first-order valence-electron chi connectivity index (χ1n) is 6.24. The number of amides is 2. The van der Waals surface area contributed by atoms with Crippen molar-refractivity contribution >= 4 is 17.6 Å². The monoisotopic (exact) mass is 278 g/mol. The maximum atomic E-state index is 13.4. The second-order valence-electron chi connectivity index (χ2n) is 4.81. The van der Waals surface area contributed by atoms with E-state index >= 15 is 0 Å². The summed E-state index contributed by atoms with van der Waals surface area (Å²) in [5, 5.41) is 0. The fourth-order valence-electron chi connectivity index (χ4n) is 2.03. The van der Waals surface area contributed by atoms with Gasteiger partial charge in [-0.25, -0.2) is 4.39 Å². The molecule has 0 atom stereocenters. The average Bonchev–Trinajstić information content (AvgIpc) is 2.39. The van der Waals surface area contributed by atoms with Gasteiger partial charge in [0.1, 0.15) is 12.4 Å². The van der Waals surface area contributed by atoms with Crippen LogP contribution in [0.2, 0.25) is 0 Å². The predicted octanol–water partition coefficient (Wildman–Crippen LogP) is 0.238. The Hall–Kier alpha value is -2.24. The lowest BCUT2D eigenvalue weighted by atomic mass is 10.1.